The van der Waals surface area contributed by atoms with E-state index in [4.69, 9.17) is 25.8 Å². The number of nitrogens with one attached hydrogen (secondary N) is 2. The predicted molar refractivity (Wildman–Crippen MR) is 123 cm³/mol. The third-order valence-corrected chi connectivity index (χ3v) is 4.78. The van der Waals surface area contributed by atoms with E-state index < -0.39 is 0 Å². The number of ether oxygens (including phenoxy) is 3. The normalized spacial score (nSPS) is 10.2. The SMILES string of the molecule is COc1ccc(NC(=O)COc2ccc(C(=O)NCc3ccc(Cl)cc3)cc2OC)cc1. The molecule has 0 bridgehead atoms. The van der Waals surface area contributed by atoms with Crippen molar-refractivity contribution < 1.29 is 23.8 Å². The maximum atomic E-state index is 12.5. The number of benzene rings is 3. The van der Waals surface area contributed by atoms with Crippen LogP contribution in [0.1, 0.15) is 15.9 Å². The molecule has 0 saturated heterocycles. The largest absolute Gasteiger partial charge is 0.497 e. The highest BCUT2D eigenvalue weighted by Crippen LogP contribution is 2.28. The molecule has 0 aliphatic carbocycles. The van der Waals surface area contributed by atoms with Crippen molar-refractivity contribution in [3.8, 4) is 17.2 Å². The number of methoxy groups -OCH3 is 2. The average molecular weight is 455 g/mol. The monoisotopic (exact) mass is 454 g/mol. The van der Waals surface area contributed by atoms with Crippen LogP contribution in [0.25, 0.3) is 0 Å². The Kier molecular flexibility index (Phi) is 7.94. The van der Waals surface area contributed by atoms with Crippen molar-refractivity contribution in [1.29, 1.82) is 0 Å². The molecule has 0 atom stereocenters. The third kappa shape index (κ3) is 6.39. The van der Waals surface area contributed by atoms with Gasteiger partial charge in [-0.25, -0.2) is 0 Å². The molecular formula is C24H23ClN2O5. The Morgan fingerprint density at radius 1 is 0.875 bits per heavy atom. The fourth-order valence-electron chi connectivity index (χ4n) is 2.83. The van der Waals surface area contributed by atoms with Gasteiger partial charge in [-0.3, -0.25) is 9.59 Å². The smallest absolute Gasteiger partial charge is 0.262 e. The van der Waals surface area contributed by atoms with E-state index in [0.717, 1.165) is 5.56 Å². The molecule has 0 unspecified atom stereocenters. The Hall–Kier alpha value is -3.71. The molecule has 166 valence electrons. The second kappa shape index (κ2) is 11.1. The zero-order valence-corrected chi connectivity index (χ0v) is 18.4. The van der Waals surface area contributed by atoms with Crippen molar-refractivity contribution in [3.05, 3.63) is 82.9 Å². The Bertz CT molecular complexity index is 1070. The van der Waals surface area contributed by atoms with Crippen LogP contribution < -0.4 is 24.8 Å². The number of carbonyl (C=O) groups excluding carboxylic acids is 2. The van der Waals surface area contributed by atoms with Crippen LogP contribution in [0.4, 0.5) is 5.69 Å². The molecule has 8 heteroatoms. The van der Waals surface area contributed by atoms with Gasteiger partial charge in [0.2, 0.25) is 0 Å². The average Bonchev–Trinajstić information content (AvgIpc) is 2.82. The van der Waals surface area contributed by atoms with E-state index in [1.54, 1.807) is 61.7 Å². The fraction of sp³-hybridized carbons (Fsp3) is 0.167. The van der Waals surface area contributed by atoms with Gasteiger partial charge < -0.3 is 24.8 Å². The Morgan fingerprint density at radius 3 is 2.25 bits per heavy atom. The van der Waals surface area contributed by atoms with E-state index in [2.05, 4.69) is 10.6 Å². The van der Waals surface area contributed by atoms with Crippen LogP contribution in [0, 0.1) is 0 Å². The summed E-state index contributed by atoms with van der Waals surface area (Å²) in [7, 11) is 3.04. The third-order valence-electron chi connectivity index (χ3n) is 4.52. The summed E-state index contributed by atoms with van der Waals surface area (Å²) >= 11 is 5.87. The molecule has 2 N–H and O–H groups in total. The zero-order valence-electron chi connectivity index (χ0n) is 17.7. The lowest BCUT2D eigenvalue weighted by Crippen LogP contribution is -2.23. The number of rotatable bonds is 9. The van der Waals surface area contributed by atoms with Gasteiger partial charge in [0.1, 0.15) is 5.75 Å². The number of carbonyl (C=O) groups is 2. The molecule has 0 spiro atoms. The standard InChI is InChI=1S/C24H23ClN2O5/c1-30-20-10-8-19(9-11-20)27-23(28)15-32-21-12-5-17(13-22(21)31-2)24(29)26-14-16-3-6-18(25)7-4-16/h3-13H,14-15H2,1-2H3,(H,26,29)(H,27,28). The second-order valence-corrected chi connectivity index (χ2v) is 7.18. The zero-order chi connectivity index (χ0) is 22.9. The number of hydrogen-bond donors (Lipinski definition) is 2. The van der Waals surface area contributed by atoms with Crippen molar-refractivity contribution in [1.82, 2.24) is 5.32 Å². The number of amides is 2. The van der Waals surface area contributed by atoms with E-state index in [0.29, 0.717) is 40.1 Å². The summed E-state index contributed by atoms with van der Waals surface area (Å²) in [4.78, 5) is 24.6. The number of hydrogen-bond acceptors (Lipinski definition) is 5. The Labute approximate surface area is 191 Å². The van der Waals surface area contributed by atoms with E-state index >= 15 is 0 Å². The lowest BCUT2D eigenvalue weighted by molar-refractivity contribution is -0.118. The first kappa shape index (κ1) is 23.0. The van der Waals surface area contributed by atoms with Crippen LogP contribution in [0.2, 0.25) is 5.02 Å². The van der Waals surface area contributed by atoms with Crippen molar-refractivity contribution in [2.45, 2.75) is 6.54 Å². The molecule has 0 heterocycles. The van der Waals surface area contributed by atoms with E-state index in [1.807, 2.05) is 12.1 Å². The molecular weight excluding hydrogens is 432 g/mol. The number of halogens is 1. The molecule has 2 amide bonds. The number of anilines is 1. The maximum Gasteiger partial charge on any atom is 0.262 e. The van der Waals surface area contributed by atoms with Gasteiger partial charge in [0, 0.05) is 22.8 Å². The molecule has 0 radical (unpaired) electrons. The summed E-state index contributed by atoms with van der Waals surface area (Å²) < 4.78 is 16.0. The van der Waals surface area contributed by atoms with Crippen LogP contribution in [0.15, 0.2) is 66.7 Å². The van der Waals surface area contributed by atoms with Gasteiger partial charge in [0.15, 0.2) is 18.1 Å². The molecule has 3 aromatic rings. The quantitative estimate of drug-likeness (QED) is 0.503. The van der Waals surface area contributed by atoms with E-state index in [1.165, 1.54) is 7.11 Å². The van der Waals surface area contributed by atoms with Gasteiger partial charge in [-0.05, 0) is 60.2 Å². The predicted octanol–water partition coefficient (Wildman–Crippen LogP) is 4.30. The second-order valence-electron chi connectivity index (χ2n) is 6.74. The Balaban J connectivity index is 1.56. The minimum atomic E-state index is -0.331. The first-order valence-corrected chi connectivity index (χ1v) is 10.1. The lowest BCUT2D eigenvalue weighted by Gasteiger charge is -2.13. The van der Waals surface area contributed by atoms with Crippen molar-refractivity contribution in [2.75, 3.05) is 26.1 Å². The van der Waals surface area contributed by atoms with Gasteiger partial charge in [-0.1, -0.05) is 23.7 Å². The van der Waals surface area contributed by atoms with Gasteiger partial charge >= 0.3 is 0 Å². The molecule has 32 heavy (non-hydrogen) atoms. The summed E-state index contributed by atoms with van der Waals surface area (Å²) in [6, 6.07) is 18.9. The molecule has 0 aliphatic heterocycles. The van der Waals surface area contributed by atoms with Crippen LogP contribution >= 0.6 is 11.6 Å². The van der Waals surface area contributed by atoms with Gasteiger partial charge in [-0.2, -0.15) is 0 Å². The highest BCUT2D eigenvalue weighted by molar-refractivity contribution is 6.30. The maximum absolute atomic E-state index is 12.5. The molecule has 0 aliphatic rings. The first-order chi connectivity index (χ1) is 15.5. The van der Waals surface area contributed by atoms with E-state index in [-0.39, 0.29) is 18.4 Å². The van der Waals surface area contributed by atoms with Crippen molar-refractivity contribution >= 4 is 29.1 Å². The van der Waals surface area contributed by atoms with Gasteiger partial charge in [0.05, 0.1) is 14.2 Å². The minimum absolute atomic E-state index is 0.218. The summed E-state index contributed by atoms with van der Waals surface area (Å²) in [5, 5.41) is 6.21. The van der Waals surface area contributed by atoms with E-state index in [9.17, 15) is 9.59 Å². The first-order valence-electron chi connectivity index (χ1n) is 9.76. The Morgan fingerprint density at radius 2 is 1.59 bits per heavy atom. The van der Waals surface area contributed by atoms with Gasteiger partial charge in [0.25, 0.3) is 11.8 Å². The van der Waals surface area contributed by atoms with Crippen LogP contribution in [0.5, 0.6) is 17.2 Å². The molecule has 0 saturated carbocycles. The molecule has 0 aromatic heterocycles. The summed E-state index contributed by atoms with van der Waals surface area (Å²) in [5.74, 6) is 0.804. The highest BCUT2D eigenvalue weighted by Gasteiger charge is 2.13. The molecule has 0 fully saturated rings. The van der Waals surface area contributed by atoms with Crippen LogP contribution in [-0.2, 0) is 11.3 Å². The van der Waals surface area contributed by atoms with Crippen molar-refractivity contribution in [3.63, 3.8) is 0 Å². The molecule has 3 aromatic carbocycles. The van der Waals surface area contributed by atoms with Crippen LogP contribution in [-0.4, -0.2) is 32.6 Å². The molecule has 3 rings (SSSR count). The van der Waals surface area contributed by atoms with Gasteiger partial charge in [-0.15, -0.1) is 0 Å². The molecule has 7 nitrogen and oxygen atoms in total. The van der Waals surface area contributed by atoms with Crippen LogP contribution in [0.3, 0.4) is 0 Å². The van der Waals surface area contributed by atoms with Crippen molar-refractivity contribution in [2.24, 2.45) is 0 Å². The topological polar surface area (TPSA) is 85.9 Å². The summed E-state index contributed by atoms with van der Waals surface area (Å²) in [6.45, 7) is 0.145. The summed E-state index contributed by atoms with van der Waals surface area (Å²) in [5.41, 5.74) is 1.96. The fourth-order valence-corrected chi connectivity index (χ4v) is 2.96. The lowest BCUT2D eigenvalue weighted by atomic mass is 10.1. The summed E-state index contributed by atoms with van der Waals surface area (Å²) in [6.07, 6.45) is 0. The highest BCUT2D eigenvalue weighted by atomic mass is 35.5. The minimum Gasteiger partial charge on any atom is -0.497 e.